The molecule has 1 saturated carbocycles. The smallest absolute Gasteiger partial charge is 0.410 e. The van der Waals surface area contributed by atoms with Crippen LogP contribution in [0.15, 0.2) is 36.4 Å². The summed E-state index contributed by atoms with van der Waals surface area (Å²) >= 11 is 5.74. The average Bonchev–Trinajstić information content (AvgIpc) is 2.82. The first-order valence-corrected chi connectivity index (χ1v) is 12.0. The Bertz CT molecular complexity index is 1120. The minimum absolute atomic E-state index is 0.0162. The molecule has 10 heteroatoms. The highest BCUT2D eigenvalue weighted by molar-refractivity contribution is 6.31. The van der Waals surface area contributed by atoms with E-state index in [1.807, 2.05) is 12.1 Å². The van der Waals surface area contributed by atoms with Gasteiger partial charge in [-0.05, 0) is 73.4 Å². The molecule has 35 heavy (non-hydrogen) atoms. The highest BCUT2D eigenvalue weighted by atomic mass is 35.5. The van der Waals surface area contributed by atoms with Crippen LogP contribution in [0.2, 0.25) is 5.02 Å². The van der Waals surface area contributed by atoms with Crippen LogP contribution < -0.4 is 10.6 Å². The summed E-state index contributed by atoms with van der Waals surface area (Å²) in [6, 6.07) is 9.19. The molecular weight excluding hydrogens is 477 g/mol. The number of halogens is 2. The lowest BCUT2D eigenvalue weighted by atomic mass is 9.85. The SMILES string of the molecule is O=C(O)CC1CCC(OC(=O)N2CCc3cc(NC(=O)Nc4cccc(Cl)c4F)ccc3C2)CC1. The van der Waals surface area contributed by atoms with Gasteiger partial charge in [0.1, 0.15) is 6.10 Å². The van der Waals surface area contributed by atoms with Crippen LogP contribution in [0.3, 0.4) is 0 Å². The van der Waals surface area contributed by atoms with E-state index in [1.165, 1.54) is 12.1 Å². The maximum atomic E-state index is 14.0. The number of aliphatic carboxylic acids is 1. The number of nitrogens with zero attached hydrogens (tertiary/aromatic N) is 1. The highest BCUT2D eigenvalue weighted by Gasteiger charge is 2.28. The Morgan fingerprint density at radius 1 is 1.09 bits per heavy atom. The third-order valence-electron chi connectivity index (χ3n) is 6.46. The lowest BCUT2D eigenvalue weighted by Crippen LogP contribution is -2.39. The van der Waals surface area contributed by atoms with Crippen LogP contribution in [0.4, 0.5) is 25.4 Å². The summed E-state index contributed by atoms with van der Waals surface area (Å²) in [5.74, 6) is -1.33. The summed E-state index contributed by atoms with van der Waals surface area (Å²) in [5, 5.41) is 14.0. The van der Waals surface area contributed by atoms with Gasteiger partial charge in [-0.1, -0.05) is 23.7 Å². The monoisotopic (exact) mass is 503 g/mol. The number of rotatable bonds is 5. The van der Waals surface area contributed by atoms with Crippen LogP contribution in [0.1, 0.15) is 43.2 Å². The Labute approximate surface area is 207 Å². The third kappa shape index (κ3) is 6.42. The van der Waals surface area contributed by atoms with Gasteiger partial charge in [0.2, 0.25) is 0 Å². The lowest BCUT2D eigenvalue weighted by molar-refractivity contribution is -0.138. The van der Waals surface area contributed by atoms with Gasteiger partial charge in [-0.25, -0.2) is 14.0 Å². The van der Waals surface area contributed by atoms with Gasteiger partial charge in [-0.2, -0.15) is 0 Å². The maximum absolute atomic E-state index is 14.0. The fraction of sp³-hybridized carbons (Fsp3) is 0.400. The van der Waals surface area contributed by atoms with E-state index in [1.54, 1.807) is 17.0 Å². The number of benzene rings is 2. The lowest BCUT2D eigenvalue weighted by Gasteiger charge is -2.32. The van der Waals surface area contributed by atoms with Gasteiger partial charge in [0.25, 0.3) is 0 Å². The Kier molecular flexibility index (Phi) is 7.75. The van der Waals surface area contributed by atoms with E-state index in [4.69, 9.17) is 21.4 Å². The molecule has 0 saturated heterocycles. The van der Waals surface area contributed by atoms with Gasteiger partial charge >= 0.3 is 18.1 Å². The number of urea groups is 1. The molecule has 8 nitrogen and oxygen atoms in total. The number of anilines is 2. The van der Waals surface area contributed by atoms with Crippen molar-refractivity contribution in [3.63, 3.8) is 0 Å². The Hall–Kier alpha value is -3.33. The standard InChI is InChI=1S/C25H27ClFN3O5/c26-20-2-1-3-21(23(20)27)29-24(33)28-18-7-6-17-14-30(11-10-16(17)13-18)25(34)35-19-8-4-15(5-9-19)12-22(31)32/h1-3,6-7,13,15,19H,4-5,8-12,14H2,(H,31,32)(H2,28,29,33). The normalized spacial score (nSPS) is 19.4. The van der Waals surface area contributed by atoms with Crippen molar-refractivity contribution < 1.29 is 28.6 Å². The van der Waals surface area contributed by atoms with Crippen LogP contribution >= 0.6 is 11.6 Å². The zero-order chi connectivity index (χ0) is 24.9. The molecule has 2 aromatic rings. The Balaban J connectivity index is 1.28. The number of ether oxygens (including phenoxy) is 1. The number of hydrogen-bond donors (Lipinski definition) is 3. The quantitative estimate of drug-likeness (QED) is 0.488. The summed E-state index contributed by atoms with van der Waals surface area (Å²) in [7, 11) is 0. The molecule has 1 fully saturated rings. The molecule has 2 aliphatic rings. The van der Waals surface area contributed by atoms with Crippen molar-refractivity contribution in [3.8, 4) is 0 Å². The van der Waals surface area contributed by atoms with Crippen molar-refractivity contribution in [1.29, 1.82) is 0 Å². The molecule has 3 amide bonds. The van der Waals surface area contributed by atoms with Crippen molar-refractivity contribution in [1.82, 2.24) is 4.90 Å². The number of carboxylic acid groups (broad SMARTS) is 1. The summed E-state index contributed by atoms with van der Waals surface area (Å²) < 4.78 is 19.7. The largest absolute Gasteiger partial charge is 0.481 e. The molecule has 1 heterocycles. The van der Waals surface area contributed by atoms with Gasteiger partial charge in [-0.15, -0.1) is 0 Å². The highest BCUT2D eigenvalue weighted by Crippen LogP contribution is 2.30. The summed E-state index contributed by atoms with van der Waals surface area (Å²) in [5.41, 5.74) is 2.51. The molecule has 0 spiro atoms. The Morgan fingerprint density at radius 2 is 1.86 bits per heavy atom. The summed E-state index contributed by atoms with van der Waals surface area (Å²) in [6.45, 7) is 0.895. The van der Waals surface area contributed by atoms with E-state index in [-0.39, 0.29) is 35.2 Å². The first kappa shape index (κ1) is 24.8. The van der Waals surface area contributed by atoms with E-state index in [0.717, 1.165) is 24.0 Å². The molecule has 1 aliphatic heterocycles. The zero-order valence-electron chi connectivity index (χ0n) is 19.1. The van der Waals surface area contributed by atoms with Crippen LogP contribution in [0, 0.1) is 11.7 Å². The molecule has 0 unspecified atom stereocenters. The molecule has 0 aromatic heterocycles. The maximum Gasteiger partial charge on any atom is 0.410 e. The molecule has 186 valence electrons. The predicted molar refractivity (Wildman–Crippen MR) is 129 cm³/mol. The van der Waals surface area contributed by atoms with Gasteiger partial charge in [-0.3, -0.25) is 4.79 Å². The molecule has 1 aliphatic carbocycles. The van der Waals surface area contributed by atoms with Crippen LogP contribution in [-0.4, -0.2) is 40.7 Å². The number of nitrogens with one attached hydrogen (secondary N) is 2. The summed E-state index contributed by atoms with van der Waals surface area (Å²) in [4.78, 5) is 37.5. The third-order valence-corrected chi connectivity index (χ3v) is 6.75. The molecule has 0 atom stereocenters. The fourth-order valence-electron chi connectivity index (χ4n) is 4.59. The average molecular weight is 504 g/mol. The van der Waals surface area contributed by atoms with E-state index in [9.17, 15) is 18.8 Å². The van der Waals surface area contributed by atoms with E-state index < -0.39 is 17.8 Å². The van der Waals surface area contributed by atoms with E-state index in [0.29, 0.717) is 38.0 Å². The van der Waals surface area contributed by atoms with Crippen LogP contribution in [0.5, 0.6) is 0 Å². The number of carbonyl (C=O) groups excluding carboxylic acids is 2. The number of carbonyl (C=O) groups is 3. The van der Waals surface area contributed by atoms with Gasteiger partial charge in [0, 0.05) is 25.2 Å². The van der Waals surface area contributed by atoms with Crippen molar-refractivity contribution in [2.75, 3.05) is 17.2 Å². The minimum atomic E-state index is -0.786. The molecule has 2 aromatic carbocycles. The van der Waals surface area contributed by atoms with Crippen LogP contribution in [0.25, 0.3) is 0 Å². The molecule has 0 radical (unpaired) electrons. The molecule has 3 N–H and O–H groups in total. The van der Waals surface area contributed by atoms with Gasteiger partial charge in [0.15, 0.2) is 5.82 Å². The van der Waals surface area contributed by atoms with Crippen LogP contribution in [-0.2, 0) is 22.5 Å². The van der Waals surface area contributed by atoms with E-state index >= 15 is 0 Å². The predicted octanol–water partition coefficient (Wildman–Crippen LogP) is 5.65. The summed E-state index contributed by atoms with van der Waals surface area (Å²) in [6.07, 6.45) is 3.11. The number of amides is 3. The van der Waals surface area contributed by atoms with E-state index in [2.05, 4.69) is 10.6 Å². The van der Waals surface area contributed by atoms with Crippen molar-refractivity contribution in [2.45, 2.75) is 51.2 Å². The number of hydrogen-bond acceptors (Lipinski definition) is 4. The molecule has 0 bridgehead atoms. The fourth-order valence-corrected chi connectivity index (χ4v) is 4.76. The van der Waals surface area contributed by atoms with Gasteiger partial charge < -0.3 is 25.4 Å². The van der Waals surface area contributed by atoms with Crippen molar-refractivity contribution >= 4 is 41.1 Å². The second kappa shape index (κ2) is 10.9. The second-order valence-electron chi connectivity index (χ2n) is 8.96. The number of carboxylic acids is 1. The topological polar surface area (TPSA) is 108 Å². The number of fused-ring (bicyclic) bond motifs is 1. The first-order chi connectivity index (χ1) is 16.8. The van der Waals surface area contributed by atoms with Gasteiger partial charge in [0.05, 0.1) is 10.7 Å². The molecular formula is C25H27ClFN3O5. The van der Waals surface area contributed by atoms with Crippen molar-refractivity contribution in [3.05, 3.63) is 58.4 Å². The second-order valence-corrected chi connectivity index (χ2v) is 9.37. The zero-order valence-corrected chi connectivity index (χ0v) is 19.8. The Morgan fingerprint density at radius 3 is 2.60 bits per heavy atom. The minimum Gasteiger partial charge on any atom is -0.481 e. The molecule has 4 rings (SSSR count). The van der Waals surface area contributed by atoms with Crippen molar-refractivity contribution in [2.24, 2.45) is 5.92 Å². The first-order valence-electron chi connectivity index (χ1n) is 11.6.